The summed E-state index contributed by atoms with van der Waals surface area (Å²) in [6, 6.07) is 3.29. The van der Waals surface area contributed by atoms with Crippen LogP contribution in [-0.2, 0) is 0 Å². The highest BCUT2D eigenvalue weighted by atomic mass is 19.2. The topological polar surface area (TPSA) is 9.23 Å². The first kappa shape index (κ1) is 19.4. The number of rotatable bonds is 4. The van der Waals surface area contributed by atoms with E-state index in [1.807, 2.05) is 0 Å². The van der Waals surface area contributed by atoms with Crippen LogP contribution in [0.5, 0.6) is 5.75 Å². The third-order valence-corrected chi connectivity index (χ3v) is 6.70. The molecule has 0 heterocycles. The van der Waals surface area contributed by atoms with Crippen LogP contribution in [0.1, 0.15) is 76.2 Å². The zero-order valence-corrected chi connectivity index (χ0v) is 16.1. The van der Waals surface area contributed by atoms with Gasteiger partial charge in [-0.3, -0.25) is 0 Å². The van der Waals surface area contributed by atoms with Gasteiger partial charge < -0.3 is 4.74 Å². The second-order valence-electron chi connectivity index (χ2n) is 8.15. The molecule has 2 unspecified atom stereocenters. The van der Waals surface area contributed by atoms with Gasteiger partial charge in [-0.1, -0.05) is 31.1 Å². The molecular formula is C23H32F2O. The van der Waals surface area contributed by atoms with Crippen LogP contribution in [0.25, 0.3) is 0 Å². The lowest BCUT2D eigenvalue weighted by atomic mass is 9.73. The van der Waals surface area contributed by atoms with E-state index in [-0.39, 0.29) is 11.7 Å². The van der Waals surface area contributed by atoms with E-state index in [4.69, 9.17) is 4.74 Å². The Labute approximate surface area is 156 Å². The van der Waals surface area contributed by atoms with E-state index in [0.29, 0.717) is 5.56 Å². The van der Waals surface area contributed by atoms with Gasteiger partial charge in [0.15, 0.2) is 11.6 Å². The molecule has 0 amide bonds. The van der Waals surface area contributed by atoms with Crippen molar-refractivity contribution in [2.45, 2.75) is 70.6 Å². The summed E-state index contributed by atoms with van der Waals surface area (Å²) in [6.07, 6.45) is 15.3. The average molecular weight is 363 g/mol. The first-order valence-corrected chi connectivity index (χ1v) is 10.3. The van der Waals surface area contributed by atoms with Crippen LogP contribution in [0.2, 0.25) is 0 Å². The van der Waals surface area contributed by atoms with E-state index in [0.717, 1.165) is 43.4 Å². The molecule has 0 radical (unpaired) electrons. The predicted molar refractivity (Wildman–Crippen MR) is 102 cm³/mol. The van der Waals surface area contributed by atoms with Crippen LogP contribution in [0.3, 0.4) is 0 Å². The van der Waals surface area contributed by atoms with Crippen molar-refractivity contribution in [1.82, 2.24) is 0 Å². The molecule has 0 N–H and O–H groups in total. The first-order chi connectivity index (χ1) is 12.6. The van der Waals surface area contributed by atoms with Gasteiger partial charge in [0.1, 0.15) is 0 Å². The maximum Gasteiger partial charge on any atom is 0.200 e. The summed E-state index contributed by atoms with van der Waals surface area (Å²) in [4.78, 5) is 0. The average Bonchev–Trinajstić information content (AvgIpc) is 2.91. The molecule has 0 aromatic heterocycles. The van der Waals surface area contributed by atoms with Gasteiger partial charge in [-0.05, 0) is 87.2 Å². The molecule has 3 heteroatoms. The van der Waals surface area contributed by atoms with Crippen LogP contribution in [0.15, 0.2) is 24.3 Å². The van der Waals surface area contributed by atoms with Crippen molar-refractivity contribution in [2.24, 2.45) is 17.8 Å². The van der Waals surface area contributed by atoms with Crippen LogP contribution >= 0.6 is 0 Å². The van der Waals surface area contributed by atoms with Crippen molar-refractivity contribution in [3.63, 3.8) is 0 Å². The maximum absolute atomic E-state index is 14.5. The summed E-state index contributed by atoms with van der Waals surface area (Å²) in [7, 11) is 1.37. The number of allylic oxidation sites excluding steroid dienone is 2. The predicted octanol–water partition coefficient (Wildman–Crippen LogP) is 7.02. The fraction of sp³-hybridized carbons (Fsp3) is 0.652. The quantitative estimate of drug-likeness (QED) is 0.413. The number of hydrogen-bond donors (Lipinski definition) is 0. The number of benzene rings is 1. The molecule has 2 aliphatic carbocycles. The summed E-state index contributed by atoms with van der Waals surface area (Å²) in [5.74, 6) is 0.944. The Morgan fingerprint density at radius 1 is 0.885 bits per heavy atom. The standard InChI is InChI=1S/C23H32F2O/c1-3-5-16-8-10-18(11-9-16)17-6-4-7-19(13-12-17)20-14-15-21(26-2)23(25)22(20)24/h3,5,14-19H,4,6-13H2,1-2H3. The summed E-state index contributed by atoms with van der Waals surface area (Å²) >= 11 is 0. The Kier molecular flexibility index (Phi) is 6.72. The lowest BCUT2D eigenvalue weighted by Gasteiger charge is -2.32. The monoisotopic (exact) mass is 362 g/mol. The first-order valence-electron chi connectivity index (χ1n) is 10.3. The van der Waals surface area contributed by atoms with Crippen molar-refractivity contribution in [3.8, 4) is 5.75 Å². The van der Waals surface area contributed by atoms with E-state index in [2.05, 4.69) is 19.1 Å². The van der Waals surface area contributed by atoms with Crippen LogP contribution < -0.4 is 4.74 Å². The van der Waals surface area contributed by atoms with Gasteiger partial charge in [-0.25, -0.2) is 4.39 Å². The molecule has 0 saturated heterocycles. The van der Waals surface area contributed by atoms with E-state index >= 15 is 0 Å². The second kappa shape index (κ2) is 9.01. The number of hydrogen-bond acceptors (Lipinski definition) is 1. The smallest absolute Gasteiger partial charge is 0.200 e. The zero-order valence-electron chi connectivity index (χ0n) is 16.1. The van der Waals surface area contributed by atoms with E-state index < -0.39 is 11.6 Å². The van der Waals surface area contributed by atoms with E-state index in [1.54, 1.807) is 12.1 Å². The fourth-order valence-electron chi connectivity index (χ4n) is 5.21. The molecular weight excluding hydrogens is 330 g/mol. The molecule has 2 atom stereocenters. The van der Waals surface area contributed by atoms with Gasteiger partial charge in [0.25, 0.3) is 0 Å². The third kappa shape index (κ3) is 4.29. The summed E-state index contributed by atoms with van der Waals surface area (Å²) in [6.45, 7) is 2.11. The van der Waals surface area contributed by atoms with E-state index in [9.17, 15) is 8.78 Å². The minimum absolute atomic E-state index is 0.00404. The van der Waals surface area contributed by atoms with Crippen LogP contribution in [-0.4, -0.2) is 7.11 Å². The largest absolute Gasteiger partial charge is 0.494 e. The minimum atomic E-state index is -0.840. The fourth-order valence-corrected chi connectivity index (χ4v) is 5.21. The molecule has 144 valence electrons. The van der Waals surface area contributed by atoms with Crippen LogP contribution in [0, 0.1) is 29.4 Å². The molecule has 26 heavy (non-hydrogen) atoms. The van der Waals surface area contributed by atoms with Crippen LogP contribution in [0.4, 0.5) is 8.78 Å². The second-order valence-corrected chi connectivity index (χ2v) is 8.15. The Morgan fingerprint density at radius 2 is 1.58 bits per heavy atom. The highest BCUT2D eigenvalue weighted by Gasteiger charge is 2.30. The molecule has 3 rings (SSSR count). The van der Waals surface area contributed by atoms with Crippen molar-refractivity contribution in [2.75, 3.05) is 7.11 Å². The normalized spacial score (nSPS) is 30.3. The third-order valence-electron chi connectivity index (χ3n) is 6.70. The number of methoxy groups -OCH3 is 1. The zero-order chi connectivity index (χ0) is 18.5. The van der Waals surface area contributed by atoms with Gasteiger partial charge >= 0.3 is 0 Å². The highest BCUT2D eigenvalue weighted by molar-refractivity contribution is 5.33. The Bertz CT molecular complexity index is 617. The lowest BCUT2D eigenvalue weighted by molar-refractivity contribution is 0.205. The Morgan fingerprint density at radius 3 is 2.27 bits per heavy atom. The maximum atomic E-state index is 14.5. The molecule has 2 saturated carbocycles. The van der Waals surface area contributed by atoms with Crippen molar-refractivity contribution in [3.05, 3.63) is 41.5 Å². The molecule has 0 spiro atoms. The van der Waals surface area contributed by atoms with Gasteiger partial charge in [0, 0.05) is 0 Å². The van der Waals surface area contributed by atoms with Crippen molar-refractivity contribution < 1.29 is 13.5 Å². The summed E-state index contributed by atoms with van der Waals surface area (Å²) < 4.78 is 33.4. The molecule has 2 aliphatic rings. The number of ether oxygens (including phenoxy) is 1. The summed E-state index contributed by atoms with van der Waals surface area (Å²) in [5, 5.41) is 0. The molecule has 0 aliphatic heterocycles. The minimum Gasteiger partial charge on any atom is -0.494 e. The Balaban J connectivity index is 1.61. The molecule has 1 aromatic rings. The highest BCUT2D eigenvalue weighted by Crippen LogP contribution is 2.43. The number of halogens is 2. The lowest BCUT2D eigenvalue weighted by Crippen LogP contribution is -2.21. The van der Waals surface area contributed by atoms with Gasteiger partial charge in [-0.15, -0.1) is 0 Å². The SMILES string of the molecule is CC=CC1CCC(C2CCCC(c3ccc(OC)c(F)c3F)CC2)CC1. The van der Waals surface area contributed by atoms with Gasteiger partial charge in [-0.2, -0.15) is 4.39 Å². The van der Waals surface area contributed by atoms with Gasteiger partial charge in [0.2, 0.25) is 5.82 Å². The molecule has 2 fully saturated rings. The molecule has 1 nitrogen and oxygen atoms in total. The van der Waals surface area contributed by atoms with Gasteiger partial charge in [0.05, 0.1) is 7.11 Å². The van der Waals surface area contributed by atoms with Crippen molar-refractivity contribution >= 4 is 0 Å². The van der Waals surface area contributed by atoms with E-state index in [1.165, 1.54) is 39.2 Å². The Hall–Kier alpha value is -1.38. The molecule has 0 bridgehead atoms. The molecule has 1 aromatic carbocycles. The summed E-state index contributed by atoms with van der Waals surface area (Å²) in [5.41, 5.74) is 0.542. The van der Waals surface area contributed by atoms with Crippen molar-refractivity contribution in [1.29, 1.82) is 0 Å².